The lowest BCUT2D eigenvalue weighted by molar-refractivity contribution is 1.17. The van der Waals surface area contributed by atoms with Crippen LogP contribution in [-0.2, 0) is 0 Å². The van der Waals surface area contributed by atoms with Crippen molar-refractivity contribution in [3.8, 4) is 11.4 Å². The van der Waals surface area contributed by atoms with E-state index in [1.165, 1.54) is 49.3 Å². The van der Waals surface area contributed by atoms with Gasteiger partial charge in [-0.25, -0.2) is 0 Å². The summed E-state index contributed by atoms with van der Waals surface area (Å²) in [5, 5.41) is 8.57. The zero-order valence-electron chi connectivity index (χ0n) is 21.3. The lowest BCUT2D eigenvalue weighted by atomic mass is 10.1. The minimum atomic E-state index is 1.07. The van der Waals surface area contributed by atoms with Gasteiger partial charge in [-0.15, -0.1) is 0 Å². The minimum Gasteiger partial charge on any atom is -0.356 e. The van der Waals surface area contributed by atoms with Gasteiger partial charge in [-0.1, -0.05) is 78.9 Å². The van der Waals surface area contributed by atoms with Gasteiger partial charge in [0.25, 0.3) is 0 Å². The molecular formula is C36H25N3. The molecular weight excluding hydrogens is 474 g/mol. The second-order valence-electron chi connectivity index (χ2n) is 9.93. The maximum absolute atomic E-state index is 3.50. The van der Waals surface area contributed by atoms with Gasteiger partial charge < -0.3 is 14.5 Å². The van der Waals surface area contributed by atoms with Gasteiger partial charge in [-0.05, 0) is 66.7 Å². The van der Waals surface area contributed by atoms with Crippen molar-refractivity contribution < 1.29 is 0 Å². The Kier molecular flexibility index (Phi) is 4.82. The van der Waals surface area contributed by atoms with Crippen LogP contribution >= 0.6 is 0 Å². The molecule has 0 aliphatic heterocycles. The molecule has 0 unspecified atom stereocenters. The van der Waals surface area contributed by atoms with Crippen molar-refractivity contribution in [3.05, 3.63) is 146 Å². The average molecular weight is 500 g/mol. The van der Waals surface area contributed by atoms with E-state index in [9.17, 15) is 0 Å². The zero-order valence-corrected chi connectivity index (χ0v) is 21.3. The van der Waals surface area contributed by atoms with E-state index < -0.39 is 0 Å². The van der Waals surface area contributed by atoms with Gasteiger partial charge in [0.2, 0.25) is 0 Å². The standard InChI is InChI=1S/C36H25N3/c1-3-11-25(12-4-1)37-26-19-21-28(22-20-26)38-33-18-10-8-16-31(33)35-34(38)24-23-30-29-15-7-9-17-32(29)39(36(30)35)27-13-5-2-6-14-27/h1-24,37H. The molecule has 0 radical (unpaired) electrons. The van der Waals surface area contributed by atoms with E-state index in [0.29, 0.717) is 0 Å². The lowest BCUT2D eigenvalue weighted by Crippen LogP contribution is -1.96. The van der Waals surface area contributed by atoms with Crippen molar-refractivity contribution in [1.82, 2.24) is 9.13 Å². The van der Waals surface area contributed by atoms with Crippen molar-refractivity contribution in [2.75, 3.05) is 5.32 Å². The van der Waals surface area contributed by atoms with Crippen LogP contribution in [0.2, 0.25) is 0 Å². The number of nitrogens with zero attached hydrogens (tertiary/aromatic N) is 2. The molecule has 0 saturated heterocycles. The normalized spacial score (nSPS) is 11.6. The van der Waals surface area contributed by atoms with Gasteiger partial charge in [-0.2, -0.15) is 0 Å². The summed E-state index contributed by atoms with van der Waals surface area (Å²) in [4.78, 5) is 0. The Bertz CT molecular complexity index is 2120. The van der Waals surface area contributed by atoms with Crippen LogP contribution < -0.4 is 5.32 Å². The largest absolute Gasteiger partial charge is 0.356 e. The summed E-state index contributed by atoms with van der Waals surface area (Å²) in [6.45, 7) is 0. The number of hydrogen-bond acceptors (Lipinski definition) is 1. The predicted molar refractivity (Wildman–Crippen MR) is 165 cm³/mol. The molecule has 184 valence electrons. The number of benzene rings is 6. The van der Waals surface area contributed by atoms with Crippen molar-refractivity contribution in [1.29, 1.82) is 0 Å². The Balaban J connectivity index is 1.42. The van der Waals surface area contributed by atoms with Gasteiger partial charge in [0.15, 0.2) is 0 Å². The van der Waals surface area contributed by atoms with Crippen molar-refractivity contribution in [2.45, 2.75) is 0 Å². The Morgan fingerprint density at radius 3 is 1.67 bits per heavy atom. The predicted octanol–water partition coefficient (Wildman–Crippen LogP) is 9.62. The number of anilines is 2. The first-order valence-electron chi connectivity index (χ1n) is 13.3. The molecule has 0 aliphatic carbocycles. The number of aromatic nitrogens is 2. The van der Waals surface area contributed by atoms with Crippen molar-refractivity contribution in [2.24, 2.45) is 0 Å². The fourth-order valence-corrected chi connectivity index (χ4v) is 6.01. The van der Waals surface area contributed by atoms with E-state index in [1.54, 1.807) is 0 Å². The molecule has 0 amide bonds. The third-order valence-corrected chi connectivity index (χ3v) is 7.67. The van der Waals surface area contributed by atoms with Crippen LogP contribution in [0.5, 0.6) is 0 Å². The molecule has 0 atom stereocenters. The highest BCUT2D eigenvalue weighted by molar-refractivity contribution is 6.26. The molecule has 1 N–H and O–H groups in total. The topological polar surface area (TPSA) is 21.9 Å². The molecule has 0 spiro atoms. The quantitative estimate of drug-likeness (QED) is 0.256. The Morgan fingerprint density at radius 2 is 0.923 bits per heavy atom. The first-order valence-corrected chi connectivity index (χ1v) is 13.3. The molecule has 0 fully saturated rings. The van der Waals surface area contributed by atoms with Crippen LogP contribution in [0.15, 0.2) is 146 Å². The van der Waals surface area contributed by atoms with E-state index in [1.807, 2.05) is 18.2 Å². The minimum absolute atomic E-state index is 1.07. The summed E-state index contributed by atoms with van der Waals surface area (Å²) < 4.78 is 4.82. The fraction of sp³-hybridized carbons (Fsp3) is 0. The van der Waals surface area contributed by atoms with Crippen LogP contribution in [0.3, 0.4) is 0 Å². The lowest BCUT2D eigenvalue weighted by Gasteiger charge is -2.11. The third kappa shape index (κ3) is 3.37. The molecule has 39 heavy (non-hydrogen) atoms. The van der Waals surface area contributed by atoms with E-state index in [0.717, 1.165) is 17.1 Å². The van der Waals surface area contributed by atoms with E-state index >= 15 is 0 Å². The highest BCUT2D eigenvalue weighted by Crippen LogP contribution is 2.41. The molecule has 3 nitrogen and oxygen atoms in total. The highest BCUT2D eigenvalue weighted by Gasteiger charge is 2.20. The first kappa shape index (κ1) is 21.8. The van der Waals surface area contributed by atoms with E-state index in [-0.39, 0.29) is 0 Å². The van der Waals surface area contributed by atoms with Crippen LogP contribution in [0.4, 0.5) is 11.4 Å². The summed E-state index contributed by atoms with van der Waals surface area (Å²) in [6, 6.07) is 51.8. The number of fused-ring (bicyclic) bond motifs is 7. The number of hydrogen-bond donors (Lipinski definition) is 1. The molecule has 3 heteroatoms. The van der Waals surface area contributed by atoms with Crippen LogP contribution in [0, 0.1) is 0 Å². The molecule has 8 rings (SSSR count). The molecule has 2 heterocycles. The van der Waals surface area contributed by atoms with Gasteiger partial charge in [0.1, 0.15) is 0 Å². The van der Waals surface area contributed by atoms with E-state index in [2.05, 4.69) is 142 Å². The SMILES string of the molecule is c1ccc(Nc2ccc(-n3c4ccccc4c4c3ccc3c5ccccc5n(-c5ccccc5)c34)cc2)cc1. The van der Waals surface area contributed by atoms with Crippen molar-refractivity contribution in [3.63, 3.8) is 0 Å². The van der Waals surface area contributed by atoms with Crippen LogP contribution in [0.1, 0.15) is 0 Å². The zero-order chi connectivity index (χ0) is 25.8. The van der Waals surface area contributed by atoms with E-state index in [4.69, 9.17) is 0 Å². The Hall–Kier alpha value is -5.28. The molecule has 2 aromatic heterocycles. The smallest absolute Gasteiger partial charge is 0.0641 e. The Labute approximate surface area is 226 Å². The van der Waals surface area contributed by atoms with Gasteiger partial charge in [0, 0.05) is 44.3 Å². The summed E-state index contributed by atoms with van der Waals surface area (Å²) >= 11 is 0. The summed E-state index contributed by atoms with van der Waals surface area (Å²) in [7, 11) is 0. The van der Waals surface area contributed by atoms with Gasteiger partial charge in [0.05, 0.1) is 22.1 Å². The number of rotatable bonds is 4. The first-order chi connectivity index (χ1) is 19.4. The van der Waals surface area contributed by atoms with Crippen molar-refractivity contribution >= 4 is 55.0 Å². The second kappa shape index (κ2) is 8.64. The molecule has 8 aromatic rings. The summed E-state index contributed by atoms with van der Waals surface area (Å²) in [5.74, 6) is 0. The summed E-state index contributed by atoms with van der Waals surface area (Å²) in [5.41, 5.74) is 9.33. The monoisotopic (exact) mass is 499 g/mol. The number of para-hydroxylation sites is 4. The summed E-state index contributed by atoms with van der Waals surface area (Å²) in [6.07, 6.45) is 0. The Morgan fingerprint density at radius 1 is 0.359 bits per heavy atom. The van der Waals surface area contributed by atoms with Crippen LogP contribution in [0.25, 0.3) is 55.0 Å². The number of nitrogens with one attached hydrogen (secondary N) is 1. The average Bonchev–Trinajstić information content (AvgIpc) is 3.52. The second-order valence-corrected chi connectivity index (χ2v) is 9.93. The van der Waals surface area contributed by atoms with Gasteiger partial charge in [-0.3, -0.25) is 0 Å². The molecule has 6 aromatic carbocycles. The molecule has 0 aliphatic rings. The fourth-order valence-electron chi connectivity index (χ4n) is 6.01. The maximum Gasteiger partial charge on any atom is 0.0641 e. The van der Waals surface area contributed by atoms with Gasteiger partial charge >= 0.3 is 0 Å². The molecule has 0 saturated carbocycles. The third-order valence-electron chi connectivity index (χ3n) is 7.67. The maximum atomic E-state index is 3.50. The molecule has 0 bridgehead atoms. The van der Waals surface area contributed by atoms with Crippen LogP contribution in [-0.4, -0.2) is 9.13 Å². The highest BCUT2D eigenvalue weighted by atomic mass is 15.0.